The second-order valence-electron chi connectivity index (χ2n) is 3.74. The number of ether oxygens (including phenoxy) is 1. The third-order valence-corrected chi connectivity index (χ3v) is 2.72. The first-order valence-corrected chi connectivity index (χ1v) is 5.99. The number of benzene rings is 2. The fourth-order valence-corrected chi connectivity index (χ4v) is 1.88. The Balaban J connectivity index is 2.33. The van der Waals surface area contributed by atoms with E-state index in [9.17, 15) is 22.4 Å². The smallest absolute Gasteiger partial charge is 0.349 e. The molecule has 0 aliphatic heterocycles. The first kappa shape index (κ1) is 14.5. The molecule has 0 saturated heterocycles. The first-order valence-electron chi connectivity index (χ1n) is 5.19. The van der Waals surface area contributed by atoms with Crippen molar-refractivity contribution in [1.29, 1.82) is 0 Å². The third-order valence-electron chi connectivity index (χ3n) is 2.26. The van der Waals surface area contributed by atoms with Crippen LogP contribution in [0.3, 0.4) is 0 Å². The number of hydrogen-bond acceptors (Lipinski definition) is 2. The van der Waals surface area contributed by atoms with Crippen molar-refractivity contribution in [3.8, 4) is 5.75 Å². The summed E-state index contributed by atoms with van der Waals surface area (Å²) in [5, 5.41) is 0. The Labute approximate surface area is 119 Å². The maximum Gasteiger partial charge on any atom is 0.349 e. The monoisotopic (exact) mass is 348 g/mol. The quantitative estimate of drug-likeness (QED) is 0.461. The maximum atomic E-state index is 13.5. The van der Waals surface area contributed by atoms with Crippen molar-refractivity contribution in [2.24, 2.45) is 0 Å². The average molecular weight is 349 g/mol. The van der Waals surface area contributed by atoms with Crippen LogP contribution in [0.2, 0.25) is 0 Å². The fourth-order valence-electron chi connectivity index (χ4n) is 1.48. The summed E-state index contributed by atoms with van der Waals surface area (Å²) in [7, 11) is 0. The van der Waals surface area contributed by atoms with Crippen LogP contribution in [0.1, 0.15) is 10.4 Å². The van der Waals surface area contributed by atoms with Gasteiger partial charge in [0.15, 0.2) is 0 Å². The normalized spacial score (nSPS) is 10.4. The van der Waals surface area contributed by atoms with Crippen LogP contribution in [0.15, 0.2) is 34.8 Å². The summed E-state index contributed by atoms with van der Waals surface area (Å²) in [6.07, 6.45) is 0. The van der Waals surface area contributed by atoms with Crippen molar-refractivity contribution < 1.29 is 27.1 Å². The average Bonchev–Trinajstić information content (AvgIpc) is 2.25. The number of esters is 1. The summed E-state index contributed by atoms with van der Waals surface area (Å²) in [4.78, 5) is 11.6. The summed E-state index contributed by atoms with van der Waals surface area (Å²) in [6, 6.07) is 3.74. The summed E-state index contributed by atoms with van der Waals surface area (Å²) < 4.78 is 57.5. The van der Waals surface area contributed by atoms with Crippen LogP contribution >= 0.6 is 15.9 Å². The number of halogens is 5. The van der Waals surface area contributed by atoms with Gasteiger partial charge in [0, 0.05) is 22.7 Å². The molecule has 0 aromatic heterocycles. The van der Waals surface area contributed by atoms with Gasteiger partial charge in [-0.2, -0.15) is 0 Å². The lowest BCUT2D eigenvalue weighted by Crippen LogP contribution is -2.13. The van der Waals surface area contributed by atoms with Gasteiger partial charge in [0.25, 0.3) is 0 Å². The van der Waals surface area contributed by atoms with Gasteiger partial charge in [-0.25, -0.2) is 22.4 Å². The van der Waals surface area contributed by atoms with Crippen molar-refractivity contribution in [3.63, 3.8) is 0 Å². The Morgan fingerprint density at radius 2 is 1.40 bits per heavy atom. The highest BCUT2D eigenvalue weighted by molar-refractivity contribution is 9.10. The summed E-state index contributed by atoms with van der Waals surface area (Å²) in [6.45, 7) is 0. The minimum Gasteiger partial charge on any atom is -0.423 e. The number of rotatable bonds is 2. The van der Waals surface area contributed by atoms with E-state index in [1.54, 1.807) is 0 Å². The Kier molecular flexibility index (Phi) is 4.08. The Bertz CT molecular complexity index is 645. The van der Waals surface area contributed by atoms with E-state index in [2.05, 4.69) is 20.7 Å². The molecule has 0 saturated carbocycles. The van der Waals surface area contributed by atoms with Crippen LogP contribution in [0.4, 0.5) is 17.6 Å². The van der Waals surface area contributed by atoms with Gasteiger partial charge in [-0.05, 0) is 12.1 Å². The van der Waals surface area contributed by atoms with E-state index in [1.807, 2.05) is 0 Å². The minimum atomic E-state index is -1.39. The zero-order chi connectivity index (χ0) is 14.9. The predicted octanol–water partition coefficient (Wildman–Crippen LogP) is 4.22. The van der Waals surface area contributed by atoms with Crippen LogP contribution in [0, 0.1) is 23.3 Å². The maximum absolute atomic E-state index is 13.5. The second-order valence-corrected chi connectivity index (χ2v) is 4.65. The van der Waals surface area contributed by atoms with E-state index in [1.165, 1.54) is 0 Å². The second kappa shape index (κ2) is 5.62. The molecule has 2 aromatic carbocycles. The van der Waals surface area contributed by atoms with Gasteiger partial charge in [-0.3, -0.25) is 0 Å². The third kappa shape index (κ3) is 3.16. The molecule has 20 heavy (non-hydrogen) atoms. The van der Waals surface area contributed by atoms with Gasteiger partial charge in [-0.1, -0.05) is 15.9 Å². The topological polar surface area (TPSA) is 26.3 Å². The van der Waals surface area contributed by atoms with E-state index >= 15 is 0 Å². The van der Waals surface area contributed by atoms with Crippen LogP contribution in [0.5, 0.6) is 5.75 Å². The van der Waals surface area contributed by atoms with Crippen molar-refractivity contribution >= 4 is 21.9 Å². The summed E-state index contributed by atoms with van der Waals surface area (Å²) in [5.74, 6) is -6.15. The van der Waals surface area contributed by atoms with Crippen molar-refractivity contribution in [1.82, 2.24) is 0 Å². The van der Waals surface area contributed by atoms with Gasteiger partial charge in [0.05, 0.1) is 0 Å². The molecular formula is C13H5BrF4O2. The zero-order valence-corrected chi connectivity index (χ0v) is 11.2. The number of carbonyl (C=O) groups is 1. The van der Waals surface area contributed by atoms with Crippen molar-refractivity contribution in [3.05, 3.63) is 63.6 Å². The molecule has 0 amide bonds. The first-order chi connectivity index (χ1) is 9.36. The number of hydrogen-bond donors (Lipinski definition) is 0. The van der Waals surface area contributed by atoms with Gasteiger partial charge in [-0.15, -0.1) is 0 Å². The van der Waals surface area contributed by atoms with Crippen molar-refractivity contribution in [2.45, 2.75) is 0 Å². The predicted molar refractivity (Wildman–Crippen MR) is 65.4 cm³/mol. The molecule has 0 unspecified atom stereocenters. The molecule has 0 fully saturated rings. The molecular weight excluding hydrogens is 344 g/mol. The molecule has 0 aliphatic carbocycles. The standard InChI is InChI=1S/C13H5BrF4O2/c14-6-1-10(17)12(11(18)2-6)13(19)20-9-4-7(15)3-8(16)5-9/h1-5H. The lowest BCUT2D eigenvalue weighted by Gasteiger charge is -2.07. The van der Waals surface area contributed by atoms with Crippen LogP contribution in [-0.4, -0.2) is 5.97 Å². The van der Waals surface area contributed by atoms with E-state index in [0.717, 1.165) is 24.3 Å². The fraction of sp³-hybridized carbons (Fsp3) is 0. The van der Waals surface area contributed by atoms with Gasteiger partial charge in [0.1, 0.15) is 34.6 Å². The van der Waals surface area contributed by atoms with Crippen LogP contribution in [-0.2, 0) is 0 Å². The molecule has 0 radical (unpaired) electrons. The lowest BCUT2D eigenvalue weighted by molar-refractivity contribution is 0.0724. The summed E-state index contributed by atoms with van der Waals surface area (Å²) >= 11 is 2.85. The van der Waals surface area contributed by atoms with E-state index in [0.29, 0.717) is 6.07 Å². The molecule has 0 aliphatic rings. The molecule has 2 rings (SSSR count). The van der Waals surface area contributed by atoms with Gasteiger partial charge >= 0.3 is 5.97 Å². The molecule has 0 bridgehead atoms. The van der Waals surface area contributed by atoms with Gasteiger partial charge < -0.3 is 4.74 Å². The highest BCUT2D eigenvalue weighted by atomic mass is 79.9. The molecule has 2 aromatic rings. The molecule has 104 valence electrons. The van der Waals surface area contributed by atoms with E-state index in [4.69, 9.17) is 0 Å². The minimum absolute atomic E-state index is 0.0980. The molecule has 0 spiro atoms. The largest absolute Gasteiger partial charge is 0.423 e. The molecule has 0 N–H and O–H groups in total. The molecule has 0 atom stereocenters. The molecule has 0 heterocycles. The van der Waals surface area contributed by atoms with Gasteiger partial charge in [0.2, 0.25) is 0 Å². The SMILES string of the molecule is O=C(Oc1cc(F)cc(F)c1)c1c(F)cc(Br)cc1F. The van der Waals surface area contributed by atoms with E-state index in [-0.39, 0.29) is 4.47 Å². The van der Waals surface area contributed by atoms with Crippen molar-refractivity contribution in [2.75, 3.05) is 0 Å². The van der Waals surface area contributed by atoms with E-state index < -0.39 is 40.6 Å². The highest BCUT2D eigenvalue weighted by Crippen LogP contribution is 2.22. The number of carbonyl (C=O) groups excluding carboxylic acids is 1. The Morgan fingerprint density at radius 1 is 0.900 bits per heavy atom. The zero-order valence-electron chi connectivity index (χ0n) is 9.59. The highest BCUT2D eigenvalue weighted by Gasteiger charge is 2.21. The Morgan fingerprint density at radius 3 is 1.90 bits per heavy atom. The summed E-state index contributed by atoms with van der Waals surface area (Å²) in [5.41, 5.74) is -0.946. The Hall–Kier alpha value is -1.89. The lowest BCUT2D eigenvalue weighted by atomic mass is 10.2. The molecule has 7 heteroatoms. The molecule has 2 nitrogen and oxygen atoms in total. The van der Waals surface area contributed by atoms with Crippen LogP contribution in [0.25, 0.3) is 0 Å². The van der Waals surface area contributed by atoms with Crippen LogP contribution < -0.4 is 4.74 Å².